The Morgan fingerprint density at radius 1 is 1.37 bits per heavy atom. The standard InChI is InChI=1S/C14H18BrN3O/c1-9(2)18-14(16-8-17-18)7-13(19)11-4-5-12(15)10(3)6-11/h4-6,8-9,13,19H,7H2,1-3H3. The predicted molar refractivity (Wildman–Crippen MR) is 77.9 cm³/mol. The van der Waals surface area contributed by atoms with Crippen molar-refractivity contribution in [1.82, 2.24) is 14.8 Å². The van der Waals surface area contributed by atoms with Crippen molar-refractivity contribution in [2.75, 3.05) is 0 Å². The highest BCUT2D eigenvalue weighted by Gasteiger charge is 2.15. The molecule has 0 aliphatic carbocycles. The summed E-state index contributed by atoms with van der Waals surface area (Å²) in [5.74, 6) is 0.808. The number of benzene rings is 1. The number of halogens is 1. The van der Waals surface area contributed by atoms with Gasteiger partial charge in [0, 0.05) is 16.9 Å². The Bertz CT molecular complexity index is 566. The smallest absolute Gasteiger partial charge is 0.138 e. The van der Waals surface area contributed by atoms with Gasteiger partial charge in [0.25, 0.3) is 0 Å². The number of rotatable bonds is 4. The van der Waals surface area contributed by atoms with Crippen molar-refractivity contribution in [3.63, 3.8) is 0 Å². The van der Waals surface area contributed by atoms with Crippen molar-refractivity contribution >= 4 is 15.9 Å². The molecule has 1 aromatic heterocycles. The highest BCUT2D eigenvalue weighted by Crippen LogP contribution is 2.23. The Morgan fingerprint density at radius 3 is 2.74 bits per heavy atom. The van der Waals surface area contributed by atoms with Crippen LogP contribution in [0, 0.1) is 6.92 Å². The van der Waals surface area contributed by atoms with Crippen LogP contribution in [0.25, 0.3) is 0 Å². The lowest BCUT2D eigenvalue weighted by atomic mass is 10.0. The molecule has 4 nitrogen and oxygen atoms in total. The van der Waals surface area contributed by atoms with Gasteiger partial charge in [-0.05, 0) is 38.0 Å². The van der Waals surface area contributed by atoms with E-state index in [4.69, 9.17) is 0 Å². The van der Waals surface area contributed by atoms with Crippen LogP contribution >= 0.6 is 15.9 Å². The molecule has 1 unspecified atom stereocenters. The summed E-state index contributed by atoms with van der Waals surface area (Å²) in [6.45, 7) is 6.11. The monoisotopic (exact) mass is 323 g/mol. The van der Waals surface area contributed by atoms with Crippen LogP contribution in [0.4, 0.5) is 0 Å². The van der Waals surface area contributed by atoms with Crippen LogP contribution < -0.4 is 0 Å². The SMILES string of the molecule is Cc1cc(C(O)Cc2ncnn2C(C)C)ccc1Br. The molecule has 0 aliphatic rings. The number of hydrogen-bond donors (Lipinski definition) is 1. The molecule has 0 bridgehead atoms. The van der Waals surface area contributed by atoms with Crippen LogP contribution in [0.15, 0.2) is 29.0 Å². The molecule has 2 aromatic rings. The molecule has 1 heterocycles. The van der Waals surface area contributed by atoms with E-state index in [1.54, 1.807) is 0 Å². The zero-order valence-electron chi connectivity index (χ0n) is 11.3. The van der Waals surface area contributed by atoms with E-state index in [9.17, 15) is 5.11 Å². The lowest BCUT2D eigenvalue weighted by molar-refractivity contribution is 0.173. The Morgan fingerprint density at radius 2 is 2.11 bits per heavy atom. The molecule has 0 saturated carbocycles. The van der Waals surface area contributed by atoms with E-state index in [1.807, 2.05) is 43.7 Å². The maximum atomic E-state index is 10.3. The molecule has 1 N–H and O–H groups in total. The van der Waals surface area contributed by atoms with Gasteiger partial charge in [0.1, 0.15) is 12.2 Å². The van der Waals surface area contributed by atoms with Gasteiger partial charge in [0.15, 0.2) is 0 Å². The van der Waals surface area contributed by atoms with E-state index >= 15 is 0 Å². The fraction of sp³-hybridized carbons (Fsp3) is 0.429. The molecule has 0 saturated heterocycles. The van der Waals surface area contributed by atoms with Crippen molar-refractivity contribution in [2.24, 2.45) is 0 Å². The molecular formula is C14H18BrN3O. The molecule has 102 valence electrons. The third kappa shape index (κ3) is 3.22. The first-order valence-corrected chi connectivity index (χ1v) is 7.11. The molecule has 19 heavy (non-hydrogen) atoms. The fourth-order valence-corrected chi connectivity index (χ4v) is 2.26. The van der Waals surface area contributed by atoms with Crippen LogP contribution in [-0.4, -0.2) is 19.9 Å². The van der Waals surface area contributed by atoms with Gasteiger partial charge in [-0.3, -0.25) is 0 Å². The van der Waals surface area contributed by atoms with E-state index in [1.165, 1.54) is 6.33 Å². The summed E-state index contributed by atoms with van der Waals surface area (Å²) >= 11 is 3.46. The normalized spacial score (nSPS) is 12.9. The fourth-order valence-electron chi connectivity index (χ4n) is 2.02. The average molecular weight is 324 g/mol. The van der Waals surface area contributed by atoms with E-state index in [0.29, 0.717) is 6.42 Å². The quantitative estimate of drug-likeness (QED) is 0.939. The third-order valence-electron chi connectivity index (χ3n) is 3.08. The molecule has 2 rings (SSSR count). The molecule has 0 amide bonds. The molecule has 5 heteroatoms. The highest BCUT2D eigenvalue weighted by molar-refractivity contribution is 9.10. The van der Waals surface area contributed by atoms with E-state index in [-0.39, 0.29) is 6.04 Å². The van der Waals surface area contributed by atoms with Crippen LogP contribution in [-0.2, 0) is 6.42 Å². The minimum Gasteiger partial charge on any atom is -0.388 e. The second-order valence-corrected chi connectivity index (χ2v) is 5.80. The summed E-state index contributed by atoms with van der Waals surface area (Å²) in [6, 6.07) is 6.13. The number of aliphatic hydroxyl groups excluding tert-OH is 1. The van der Waals surface area contributed by atoms with Gasteiger partial charge in [-0.25, -0.2) is 9.67 Å². The lowest BCUT2D eigenvalue weighted by Gasteiger charge is -2.14. The molecule has 0 fully saturated rings. The molecule has 0 aliphatic heterocycles. The Balaban J connectivity index is 2.18. The summed E-state index contributed by atoms with van der Waals surface area (Å²) in [4.78, 5) is 4.23. The van der Waals surface area contributed by atoms with Crippen LogP contribution in [0.2, 0.25) is 0 Å². The minimum atomic E-state index is -0.562. The molecular weight excluding hydrogens is 306 g/mol. The second kappa shape index (κ2) is 5.84. The topological polar surface area (TPSA) is 50.9 Å². The highest BCUT2D eigenvalue weighted by atomic mass is 79.9. The predicted octanol–water partition coefficient (Wildman–Crippen LogP) is 3.21. The zero-order chi connectivity index (χ0) is 14.0. The Labute approximate surface area is 121 Å². The van der Waals surface area contributed by atoms with Crippen molar-refractivity contribution in [3.05, 3.63) is 46.0 Å². The number of aliphatic hydroxyl groups is 1. The van der Waals surface area contributed by atoms with Crippen molar-refractivity contribution < 1.29 is 5.11 Å². The molecule has 1 aromatic carbocycles. The van der Waals surface area contributed by atoms with Crippen LogP contribution in [0.5, 0.6) is 0 Å². The summed E-state index contributed by atoms with van der Waals surface area (Å²) < 4.78 is 2.89. The maximum absolute atomic E-state index is 10.3. The van der Waals surface area contributed by atoms with Crippen molar-refractivity contribution in [1.29, 1.82) is 0 Å². The maximum Gasteiger partial charge on any atom is 0.138 e. The van der Waals surface area contributed by atoms with Gasteiger partial charge in [0.2, 0.25) is 0 Å². The second-order valence-electron chi connectivity index (χ2n) is 4.94. The number of aromatic nitrogens is 3. The van der Waals surface area contributed by atoms with Crippen molar-refractivity contribution in [3.8, 4) is 0 Å². The zero-order valence-corrected chi connectivity index (χ0v) is 12.9. The first-order chi connectivity index (χ1) is 8.99. The summed E-state index contributed by atoms with van der Waals surface area (Å²) in [5.41, 5.74) is 2.01. The van der Waals surface area contributed by atoms with Crippen LogP contribution in [0.1, 0.15) is 42.9 Å². The molecule has 0 spiro atoms. The molecule has 1 atom stereocenters. The lowest BCUT2D eigenvalue weighted by Crippen LogP contribution is -2.12. The van der Waals surface area contributed by atoms with Gasteiger partial charge >= 0.3 is 0 Å². The number of hydrogen-bond acceptors (Lipinski definition) is 3. The first-order valence-electron chi connectivity index (χ1n) is 6.31. The van der Waals surface area contributed by atoms with Crippen LogP contribution in [0.3, 0.4) is 0 Å². The summed E-state index contributed by atoms with van der Waals surface area (Å²) in [5, 5.41) is 14.5. The van der Waals surface area contributed by atoms with Gasteiger partial charge in [-0.15, -0.1) is 0 Å². The van der Waals surface area contributed by atoms with Gasteiger partial charge in [-0.1, -0.05) is 28.1 Å². The largest absolute Gasteiger partial charge is 0.388 e. The van der Waals surface area contributed by atoms with Gasteiger partial charge in [0.05, 0.1) is 6.10 Å². The number of aryl methyl sites for hydroxylation is 1. The molecule has 0 radical (unpaired) electrons. The summed E-state index contributed by atoms with van der Waals surface area (Å²) in [7, 11) is 0. The first kappa shape index (κ1) is 14.2. The average Bonchev–Trinajstić information content (AvgIpc) is 2.80. The summed E-state index contributed by atoms with van der Waals surface area (Å²) in [6.07, 6.45) is 1.45. The Kier molecular flexibility index (Phi) is 4.37. The van der Waals surface area contributed by atoms with Crippen molar-refractivity contribution in [2.45, 2.75) is 39.3 Å². The van der Waals surface area contributed by atoms with E-state index < -0.39 is 6.10 Å². The number of nitrogens with zero attached hydrogens (tertiary/aromatic N) is 3. The van der Waals surface area contributed by atoms with Gasteiger partial charge in [-0.2, -0.15) is 5.10 Å². The van der Waals surface area contributed by atoms with E-state index in [0.717, 1.165) is 21.4 Å². The van der Waals surface area contributed by atoms with E-state index in [2.05, 4.69) is 26.0 Å². The van der Waals surface area contributed by atoms with Gasteiger partial charge < -0.3 is 5.11 Å². The third-order valence-corrected chi connectivity index (χ3v) is 3.97. The minimum absolute atomic E-state index is 0.247. The Hall–Kier alpha value is -1.20.